The molecule has 13 nitrogen and oxygen atoms in total. The van der Waals surface area contributed by atoms with Crippen LogP contribution in [0.3, 0.4) is 0 Å². The van der Waals surface area contributed by atoms with E-state index in [1.54, 1.807) is 36.4 Å². The summed E-state index contributed by atoms with van der Waals surface area (Å²) in [5.41, 5.74) is 1.96. The second-order valence-electron chi connectivity index (χ2n) is 10.9. The number of ketones is 1. The molecule has 0 saturated carbocycles. The van der Waals surface area contributed by atoms with E-state index >= 15 is 0 Å². The summed E-state index contributed by atoms with van der Waals surface area (Å²) in [6.45, 7) is 0.621. The fourth-order valence-corrected chi connectivity index (χ4v) is 4.83. The number of amides is 2. The van der Waals surface area contributed by atoms with E-state index in [1.165, 1.54) is 43.4 Å². The number of ether oxygens (including phenoxy) is 4. The maximum atomic E-state index is 13.4. The number of benzene rings is 3. The first-order valence-electron chi connectivity index (χ1n) is 15.0. The van der Waals surface area contributed by atoms with Gasteiger partial charge in [0.2, 0.25) is 0 Å². The van der Waals surface area contributed by atoms with Crippen LogP contribution in [0.15, 0.2) is 66.7 Å². The fraction of sp³-hybridized carbons (Fsp3) is 0.353. The van der Waals surface area contributed by atoms with Crippen LogP contribution in [-0.2, 0) is 19.2 Å². The SMILES string of the molecule is COCOc1ccc(C(=O)NC2CCCCN(C(=O)OOC(=O)c3ccc(C(=O)c4cc(N(C)C)ccc4OCOC)cc3)C2)cc1. The Bertz CT molecular complexity index is 1530. The third-order valence-electron chi connectivity index (χ3n) is 7.35. The van der Waals surface area contributed by atoms with Crippen LogP contribution >= 0.6 is 0 Å². The second kappa shape index (κ2) is 17.0. The normalized spacial score (nSPS) is 14.4. The monoisotopic (exact) mass is 649 g/mol. The van der Waals surface area contributed by atoms with E-state index < -0.39 is 12.1 Å². The van der Waals surface area contributed by atoms with E-state index in [9.17, 15) is 19.2 Å². The average Bonchev–Trinajstić information content (AvgIpc) is 3.34. The minimum Gasteiger partial charge on any atom is -0.468 e. The molecule has 1 saturated heterocycles. The number of rotatable bonds is 12. The third kappa shape index (κ3) is 9.67. The van der Waals surface area contributed by atoms with Gasteiger partial charge in [-0.05, 0) is 73.9 Å². The maximum absolute atomic E-state index is 13.4. The van der Waals surface area contributed by atoms with Crippen LogP contribution in [0.5, 0.6) is 11.5 Å². The standard InChI is InChI=1S/C34H39N3O10/c1-36(2)27-14-17-30(45-22-43-4)29(19-27)31(38)23-8-10-25(11-9-23)33(40)46-47-34(41)37-18-6-5-7-26(20-37)35-32(39)24-12-15-28(16-13-24)44-21-42-3/h8-17,19,26H,5-7,18,20-22H2,1-4H3,(H,35,39). The molecule has 1 atom stereocenters. The summed E-state index contributed by atoms with van der Waals surface area (Å²) in [4.78, 5) is 64.6. The van der Waals surface area contributed by atoms with Crippen molar-refractivity contribution in [3.63, 3.8) is 0 Å². The Kier molecular flexibility index (Phi) is 12.5. The molecule has 0 bridgehead atoms. The van der Waals surface area contributed by atoms with Gasteiger partial charge in [0.15, 0.2) is 19.4 Å². The predicted molar refractivity (Wildman–Crippen MR) is 171 cm³/mol. The van der Waals surface area contributed by atoms with Gasteiger partial charge < -0.3 is 34.1 Å². The molecule has 4 rings (SSSR count). The lowest BCUT2D eigenvalue weighted by molar-refractivity contribution is -0.192. The van der Waals surface area contributed by atoms with Gasteiger partial charge in [0.05, 0.1) is 11.1 Å². The van der Waals surface area contributed by atoms with Gasteiger partial charge >= 0.3 is 12.1 Å². The van der Waals surface area contributed by atoms with Gasteiger partial charge in [-0.1, -0.05) is 12.1 Å². The maximum Gasteiger partial charge on any atom is 0.453 e. The quantitative estimate of drug-likeness (QED) is 0.129. The molecule has 0 aliphatic carbocycles. The Morgan fingerprint density at radius 1 is 0.809 bits per heavy atom. The highest BCUT2D eigenvalue weighted by molar-refractivity contribution is 6.11. The topological polar surface area (TPSA) is 142 Å². The molecule has 250 valence electrons. The van der Waals surface area contributed by atoms with Crippen LogP contribution in [-0.4, -0.2) is 89.7 Å². The van der Waals surface area contributed by atoms with Crippen molar-refractivity contribution in [1.29, 1.82) is 0 Å². The van der Waals surface area contributed by atoms with Gasteiger partial charge in [-0.3, -0.25) is 9.59 Å². The second-order valence-corrected chi connectivity index (χ2v) is 10.9. The molecule has 1 aliphatic heterocycles. The van der Waals surface area contributed by atoms with Crippen LogP contribution in [0.4, 0.5) is 10.5 Å². The van der Waals surface area contributed by atoms with Crippen molar-refractivity contribution in [2.24, 2.45) is 0 Å². The molecule has 3 aromatic rings. The van der Waals surface area contributed by atoms with E-state index in [-0.39, 0.29) is 43.4 Å². The largest absolute Gasteiger partial charge is 0.468 e. The highest BCUT2D eigenvalue weighted by Crippen LogP contribution is 2.27. The summed E-state index contributed by atoms with van der Waals surface area (Å²) in [6.07, 6.45) is 1.28. The molecule has 0 radical (unpaired) electrons. The first kappa shape index (κ1) is 34.7. The van der Waals surface area contributed by atoms with E-state index in [0.717, 1.165) is 12.1 Å². The van der Waals surface area contributed by atoms with Crippen molar-refractivity contribution in [2.75, 3.05) is 59.9 Å². The van der Waals surface area contributed by atoms with Crippen molar-refractivity contribution in [1.82, 2.24) is 10.2 Å². The summed E-state index contributed by atoms with van der Waals surface area (Å²) in [6, 6.07) is 17.3. The van der Waals surface area contributed by atoms with Crippen molar-refractivity contribution in [2.45, 2.75) is 25.3 Å². The Balaban J connectivity index is 1.32. The van der Waals surface area contributed by atoms with Gasteiger partial charge in [0, 0.05) is 64.3 Å². The zero-order chi connectivity index (χ0) is 33.8. The number of hydrogen-bond donors (Lipinski definition) is 1. The Labute approximate surface area is 273 Å². The van der Waals surface area contributed by atoms with Gasteiger partial charge in [-0.2, -0.15) is 0 Å². The van der Waals surface area contributed by atoms with E-state index in [2.05, 4.69) is 5.32 Å². The summed E-state index contributed by atoms with van der Waals surface area (Å²) in [5, 5.41) is 2.96. The smallest absolute Gasteiger partial charge is 0.453 e. The summed E-state index contributed by atoms with van der Waals surface area (Å²) in [5.74, 6) is -0.591. The number of anilines is 1. The first-order chi connectivity index (χ1) is 22.7. The molecule has 0 aromatic heterocycles. The zero-order valence-corrected chi connectivity index (χ0v) is 26.9. The molecule has 13 heteroatoms. The number of nitrogens with zero attached hydrogens (tertiary/aromatic N) is 2. The van der Waals surface area contributed by atoms with E-state index in [1.807, 2.05) is 25.1 Å². The van der Waals surface area contributed by atoms with Gasteiger partial charge in [0.25, 0.3) is 5.91 Å². The van der Waals surface area contributed by atoms with Crippen LogP contribution in [0, 0.1) is 0 Å². The molecule has 1 fully saturated rings. The minimum absolute atomic E-state index is 0.0294. The van der Waals surface area contributed by atoms with Crippen LogP contribution in [0.25, 0.3) is 0 Å². The lowest BCUT2D eigenvalue weighted by Gasteiger charge is -2.23. The van der Waals surface area contributed by atoms with Crippen LogP contribution in [0.2, 0.25) is 0 Å². The first-order valence-corrected chi connectivity index (χ1v) is 15.0. The molecule has 3 aromatic carbocycles. The highest BCUT2D eigenvalue weighted by Gasteiger charge is 2.26. The van der Waals surface area contributed by atoms with Crippen molar-refractivity contribution < 1.29 is 47.9 Å². The summed E-state index contributed by atoms with van der Waals surface area (Å²) >= 11 is 0. The third-order valence-corrected chi connectivity index (χ3v) is 7.35. The van der Waals surface area contributed by atoms with Gasteiger partial charge in [-0.15, -0.1) is 0 Å². The van der Waals surface area contributed by atoms with Crippen molar-refractivity contribution in [3.8, 4) is 11.5 Å². The van der Waals surface area contributed by atoms with Gasteiger partial charge in [-0.25, -0.2) is 19.4 Å². The lowest BCUT2D eigenvalue weighted by atomic mass is 10.0. The molecule has 1 heterocycles. The average molecular weight is 650 g/mol. The van der Waals surface area contributed by atoms with Crippen LogP contribution < -0.4 is 19.7 Å². The Hall–Kier alpha value is -5.14. The molecule has 2 amide bonds. The van der Waals surface area contributed by atoms with E-state index in [4.69, 9.17) is 28.7 Å². The minimum atomic E-state index is -0.909. The number of hydrogen-bond acceptors (Lipinski definition) is 11. The fourth-order valence-electron chi connectivity index (χ4n) is 4.83. The van der Waals surface area contributed by atoms with Crippen LogP contribution in [0.1, 0.15) is 55.9 Å². The molecule has 47 heavy (non-hydrogen) atoms. The number of methoxy groups -OCH3 is 2. The Morgan fingerprint density at radius 3 is 2.15 bits per heavy atom. The zero-order valence-electron chi connectivity index (χ0n) is 26.9. The molecule has 1 N–H and O–H groups in total. The molecule has 0 spiro atoms. The lowest BCUT2D eigenvalue weighted by Crippen LogP contribution is -2.45. The van der Waals surface area contributed by atoms with E-state index in [0.29, 0.717) is 47.6 Å². The number of carbonyl (C=O) groups excluding carboxylic acids is 4. The highest BCUT2D eigenvalue weighted by atomic mass is 17.2. The van der Waals surface area contributed by atoms with Crippen molar-refractivity contribution in [3.05, 3.63) is 89.0 Å². The molecule has 1 unspecified atom stereocenters. The number of carbonyl (C=O) groups is 4. The number of likely N-dealkylation sites (tertiary alicyclic amines) is 1. The van der Waals surface area contributed by atoms with Gasteiger partial charge in [0.1, 0.15) is 11.5 Å². The number of nitrogens with one attached hydrogen (secondary N) is 1. The molecular formula is C34H39N3O10. The van der Waals surface area contributed by atoms with Crippen molar-refractivity contribution >= 4 is 29.4 Å². The molecular weight excluding hydrogens is 610 g/mol. The Morgan fingerprint density at radius 2 is 1.47 bits per heavy atom. The summed E-state index contributed by atoms with van der Waals surface area (Å²) in [7, 11) is 6.72. The molecule has 1 aliphatic rings. The predicted octanol–water partition coefficient (Wildman–Crippen LogP) is 4.44. The summed E-state index contributed by atoms with van der Waals surface area (Å²) < 4.78 is 20.8.